The molecule has 1 fully saturated rings. The fourth-order valence-electron chi connectivity index (χ4n) is 3.40. The Balaban J connectivity index is 1.93. The Labute approximate surface area is 182 Å². The van der Waals surface area contributed by atoms with Crippen LogP contribution in [0.1, 0.15) is 26.3 Å². The Hall–Kier alpha value is -3.20. The van der Waals surface area contributed by atoms with E-state index in [1.807, 2.05) is 0 Å². The molecule has 3 aromatic rings. The Morgan fingerprint density at radius 3 is 2.80 bits per heavy atom. The molecule has 1 saturated heterocycles. The van der Waals surface area contributed by atoms with Gasteiger partial charge in [-0.1, -0.05) is 23.7 Å². The van der Waals surface area contributed by atoms with Crippen molar-refractivity contribution in [3.63, 3.8) is 0 Å². The molecule has 0 saturated carbocycles. The number of hydrogen-bond acceptors (Lipinski definition) is 5. The van der Waals surface area contributed by atoms with Crippen LogP contribution in [-0.2, 0) is 9.59 Å². The zero-order valence-electron chi connectivity index (χ0n) is 20.3. The summed E-state index contributed by atoms with van der Waals surface area (Å²) in [6.07, 6.45) is 1.12. The predicted octanol–water partition coefficient (Wildman–Crippen LogP) is 2.74. The summed E-state index contributed by atoms with van der Waals surface area (Å²) in [5.74, 6) is -2.56. The summed E-state index contributed by atoms with van der Waals surface area (Å²) in [6.45, 7) is -2.12. The highest BCUT2D eigenvalue weighted by molar-refractivity contribution is 6.35. The minimum Gasteiger partial charge on any atom is -0.382 e. The van der Waals surface area contributed by atoms with E-state index in [4.69, 9.17) is 22.8 Å². The van der Waals surface area contributed by atoms with Gasteiger partial charge in [0.2, 0.25) is 5.91 Å². The number of rotatable bonds is 2. The molecular formula is C20H20ClFN6O2. The molecule has 2 N–H and O–H groups in total. The summed E-state index contributed by atoms with van der Waals surface area (Å²) in [5, 5.41) is 3.70. The minimum atomic E-state index is -2.96. The molecule has 0 unspecified atom stereocenters. The number of benzene rings is 1. The van der Waals surface area contributed by atoms with Crippen LogP contribution in [0.4, 0.5) is 15.9 Å². The molecule has 10 heteroatoms. The average Bonchev–Trinajstić information content (AvgIpc) is 2.98. The quantitative estimate of drug-likeness (QED) is 0.668. The highest BCUT2D eigenvalue weighted by atomic mass is 35.5. The average molecular weight is 435 g/mol. The molecule has 0 bridgehead atoms. The van der Waals surface area contributed by atoms with Crippen molar-refractivity contribution in [3.8, 4) is 11.3 Å². The van der Waals surface area contributed by atoms with Gasteiger partial charge >= 0.3 is 0 Å². The molecule has 1 aliphatic rings. The number of aromatic nitrogens is 3. The number of nitrogens with two attached hydrogens (primary N) is 1. The van der Waals surface area contributed by atoms with Crippen LogP contribution in [0.3, 0.4) is 0 Å². The van der Waals surface area contributed by atoms with Crippen molar-refractivity contribution >= 4 is 40.4 Å². The van der Waals surface area contributed by atoms with E-state index in [2.05, 4.69) is 10.1 Å². The maximum atomic E-state index is 15.1. The summed E-state index contributed by atoms with van der Waals surface area (Å²) in [5.41, 5.74) is 4.16. The second-order valence-corrected chi connectivity index (χ2v) is 7.59. The minimum absolute atomic E-state index is 0.0426. The second kappa shape index (κ2) is 6.94. The maximum Gasteiger partial charge on any atom is 0.252 e. The van der Waals surface area contributed by atoms with E-state index >= 15 is 4.39 Å². The second-order valence-electron chi connectivity index (χ2n) is 7.21. The van der Waals surface area contributed by atoms with Crippen LogP contribution in [0.15, 0.2) is 30.6 Å². The highest BCUT2D eigenvalue weighted by Gasteiger charge is 2.43. The highest BCUT2D eigenvalue weighted by Crippen LogP contribution is 2.37. The first-order valence-electron chi connectivity index (χ1n) is 10.9. The molecular weight excluding hydrogens is 411 g/mol. The molecule has 0 aliphatic carbocycles. The van der Waals surface area contributed by atoms with Gasteiger partial charge in [-0.15, -0.1) is 0 Å². The van der Waals surface area contributed by atoms with Gasteiger partial charge in [-0.3, -0.25) is 9.59 Å². The van der Waals surface area contributed by atoms with E-state index in [-0.39, 0.29) is 33.3 Å². The van der Waals surface area contributed by atoms with Crippen molar-refractivity contribution < 1.29 is 19.5 Å². The normalized spacial score (nSPS) is 21.7. The van der Waals surface area contributed by atoms with Gasteiger partial charge in [-0.2, -0.15) is 5.10 Å². The number of fused-ring (bicyclic) bond motifs is 1. The molecule has 1 aromatic carbocycles. The van der Waals surface area contributed by atoms with Crippen molar-refractivity contribution in [1.82, 2.24) is 19.5 Å². The summed E-state index contributed by atoms with van der Waals surface area (Å²) < 4.78 is 50.1. The number of carbonyl (C=O) groups excluding carboxylic acids is 2. The Morgan fingerprint density at radius 2 is 2.10 bits per heavy atom. The Bertz CT molecular complexity index is 1360. The summed E-state index contributed by atoms with van der Waals surface area (Å²) >= 11 is 6.11. The topological polar surface area (TPSA) is 96.8 Å². The molecule has 2 amide bonds. The fourth-order valence-corrected chi connectivity index (χ4v) is 3.66. The largest absolute Gasteiger partial charge is 0.382 e. The number of anilines is 2. The van der Waals surface area contributed by atoms with E-state index in [1.165, 1.54) is 38.1 Å². The van der Waals surface area contributed by atoms with E-state index in [9.17, 15) is 9.59 Å². The van der Waals surface area contributed by atoms with E-state index in [0.29, 0.717) is 9.80 Å². The van der Waals surface area contributed by atoms with Gasteiger partial charge in [0.25, 0.3) is 5.91 Å². The summed E-state index contributed by atoms with van der Waals surface area (Å²) in [6, 6.07) is 5.64. The molecule has 0 spiro atoms. The van der Waals surface area contributed by atoms with Crippen LogP contribution >= 0.6 is 11.6 Å². The van der Waals surface area contributed by atoms with Gasteiger partial charge in [0.1, 0.15) is 28.1 Å². The van der Waals surface area contributed by atoms with Gasteiger partial charge < -0.3 is 15.5 Å². The molecule has 0 radical (unpaired) electrons. The monoisotopic (exact) mass is 434 g/mol. The molecule has 0 atom stereocenters. The SMILES string of the molecule is [2H]C1([2H])N(c2cccc(-c3c(F)c(Cl)c4c(N)ncnn34)c2)C(=O)C(C)(C)N(C(C)=O)C1([2H])[2H]. The molecule has 1 aliphatic heterocycles. The number of amides is 2. The van der Waals surface area contributed by atoms with Crippen LogP contribution in [0.25, 0.3) is 16.8 Å². The third kappa shape index (κ3) is 2.88. The van der Waals surface area contributed by atoms with Gasteiger partial charge in [0, 0.05) is 31.2 Å². The first kappa shape index (κ1) is 15.6. The third-order valence-corrected chi connectivity index (χ3v) is 5.24. The zero-order chi connectivity index (χ0) is 25.4. The van der Waals surface area contributed by atoms with E-state index < -0.39 is 36.2 Å². The number of nitrogens with zero attached hydrogens (tertiary/aromatic N) is 5. The Kier molecular flexibility index (Phi) is 3.61. The van der Waals surface area contributed by atoms with Gasteiger partial charge in [0.05, 0.1) is 5.48 Å². The first-order valence-corrected chi connectivity index (χ1v) is 9.25. The maximum absolute atomic E-state index is 15.1. The van der Waals surface area contributed by atoms with Gasteiger partial charge in [-0.25, -0.2) is 13.9 Å². The third-order valence-electron chi connectivity index (χ3n) is 4.89. The van der Waals surface area contributed by atoms with Crippen molar-refractivity contribution in [3.05, 3.63) is 41.4 Å². The smallest absolute Gasteiger partial charge is 0.252 e. The lowest BCUT2D eigenvalue weighted by Crippen LogP contribution is -2.64. The molecule has 2 aromatic heterocycles. The molecule has 30 heavy (non-hydrogen) atoms. The van der Waals surface area contributed by atoms with Crippen molar-refractivity contribution in [2.45, 2.75) is 26.3 Å². The number of piperazine rings is 1. The van der Waals surface area contributed by atoms with Crippen LogP contribution < -0.4 is 10.6 Å². The van der Waals surface area contributed by atoms with Crippen LogP contribution in [-0.4, -0.2) is 49.8 Å². The van der Waals surface area contributed by atoms with E-state index in [1.54, 1.807) is 0 Å². The van der Waals surface area contributed by atoms with Crippen LogP contribution in [0.2, 0.25) is 5.02 Å². The molecule has 4 rings (SSSR count). The van der Waals surface area contributed by atoms with Gasteiger partial charge in [-0.05, 0) is 26.0 Å². The molecule has 8 nitrogen and oxygen atoms in total. The van der Waals surface area contributed by atoms with Crippen LogP contribution in [0, 0.1) is 5.82 Å². The lowest BCUT2D eigenvalue weighted by atomic mass is 9.96. The lowest BCUT2D eigenvalue weighted by Gasteiger charge is -2.45. The standard InChI is InChI=1S/C20H20ClFN6O2/c1-11(29)27-8-7-26(19(30)20(27,2)3)13-6-4-5-12(9-13)16-15(22)14(21)17-18(23)24-10-25-28(16)17/h4-6,9-10H,7-8H2,1-3H3,(H2,23,24,25)/i7D2,8D2. The number of halogens is 2. The summed E-state index contributed by atoms with van der Waals surface area (Å²) in [4.78, 5) is 30.7. The van der Waals surface area contributed by atoms with Crippen LogP contribution in [0.5, 0.6) is 0 Å². The predicted molar refractivity (Wildman–Crippen MR) is 112 cm³/mol. The van der Waals surface area contributed by atoms with Crippen molar-refractivity contribution in [1.29, 1.82) is 0 Å². The van der Waals surface area contributed by atoms with E-state index in [0.717, 1.165) is 17.8 Å². The number of hydrogen-bond donors (Lipinski definition) is 1. The lowest BCUT2D eigenvalue weighted by molar-refractivity contribution is -0.145. The summed E-state index contributed by atoms with van der Waals surface area (Å²) in [7, 11) is 0. The Morgan fingerprint density at radius 1 is 1.37 bits per heavy atom. The van der Waals surface area contributed by atoms with Crippen molar-refractivity contribution in [2.24, 2.45) is 0 Å². The number of carbonyl (C=O) groups is 2. The molecule has 3 heterocycles. The number of nitrogen functional groups attached to an aromatic ring is 1. The van der Waals surface area contributed by atoms with Gasteiger partial charge in [0.15, 0.2) is 11.6 Å². The fraction of sp³-hybridized carbons (Fsp3) is 0.300. The first-order chi connectivity index (χ1) is 15.7. The molecule has 156 valence electrons. The van der Waals surface area contributed by atoms with Crippen molar-refractivity contribution in [2.75, 3.05) is 23.6 Å². The zero-order valence-corrected chi connectivity index (χ0v) is 17.0.